The van der Waals surface area contributed by atoms with Crippen molar-refractivity contribution in [2.45, 2.75) is 31.8 Å². The second-order valence-electron chi connectivity index (χ2n) is 7.06. The van der Waals surface area contributed by atoms with E-state index in [1.54, 1.807) is 0 Å². The largest absolute Gasteiger partial charge is 0.322 e. The van der Waals surface area contributed by atoms with Crippen LogP contribution in [0.4, 0.5) is 23.7 Å². The highest BCUT2D eigenvalue weighted by atomic mass is 19.2. The van der Waals surface area contributed by atoms with Gasteiger partial charge in [-0.2, -0.15) is 0 Å². The van der Waals surface area contributed by atoms with Gasteiger partial charge in [-0.3, -0.25) is 0 Å². The van der Waals surface area contributed by atoms with Crippen LogP contribution >= 0.6 is 0 Å². The van der Waals surface area contributed by atoms with Crippen molar-refractivity contribution in [2.24, 2.45) is 0 Å². The van der Waals surface area contributed by atoms with Crippen LogP contribution in [-0.2, 0) is 13.1 Å². The second kappa shape index (κ2) is 7.23. The summed E-state index contributed by atoms with van der Waals surface area (Å²) >= 11 is 0. The second-order valence-corrected chi connectivity index (χ2v) is 7.06. The number of urea groups is 1. The molecule has 2 aromatic rings. The van der Waals surface area contributed by atoms with E-state index in [-0.39, 0.29) is 18.7 Å². The van der Waals surface area contributed by atoms with Gasteiger partial charge in [0.2, 0.25) is 0 Å². The Morgan fingerprint density at radius 2 is 1.74 bits per heavy atom. The number of piperidine rings is 1. The fraction of sp³-hybridized carbons (Fsp3) is 0.350. The van der Waals surface area contributed by atoms with Crippen LogP contribution in [-0.4, -0.2) is 24.0 Å². The van der Waals surface area contributed by atoms with E-state index in [2.05, 4.69) is 10.6 Å². The molecule has 142 valence electrons. The highest BCUT2D eigenvalue weighted by Crippen LogP contribution is 2.30. The lowest BCUT2D eigenvalue weighted by Gasteiger charge is -2.23. The van der Waals surface area contributed by atoms with Crippen LogP contribution in [0.3, 0.4) is 0 Å². The minimum atomic E-state index is -1.50. The van der Waals surface area contributed by atoms with Gasteiger partial charge < -0.3 is 15.5 Å². The molecule has 2 aliphatic heterocycles. The van der Waals surface area contributed by atoms with E-state index in [0.717, 1.165) is 32.0 Å². The molecule has 4 nitrogen and oxygen atoms in total. The first-order valence-electron chi connectivity index (χ1n) is 9.05. The fourth-order valence-corrected chi connectivity index (χ4v) is 3.79. The van der Waals surface area contributed by atoms with E-state index >= 15 is 0 Å². The van der Waals surface area contributed by atoms with E-state index < -0.39 is 23.5 Å². The minimum Gasteiger partial charge on any atom is -0.317 e. The molecule has 0 atom stereocenters. The number of benzene rings is 2. The topological polar surface area (TPSA) is 44.4 Å². The summed E-state index contributed by atoms with van der Waals surface area (Å²) in [6.07, 6.45) is 2.19. The zero-order chi connectivity index (χ0) is 19.0. The number of nitrogens with zero attached hydrogens (tertiary/aromatic N) is 1. The minimum absolute atomic E-state index is 0.0327. The SMILES string of the molecule is O=C(Nc1ccc(C2CCNCC2)cc1)N1Cc2cc(F)c(F)c(F)c2C1. The molecule has 0 aromatic heterocycles. The first-order chi connectivity index (χ1) is 13.0. The maximum Gasteiger partial charge on any atom is 0.322 e. The van der Waals surface area contributed by atoms with E-state index in [1.807, 2.05) is 24.3 Å². The molecule has 2 heterocycles. The smallest absolute Gasteiger partial charge is 0.317 e. The van der Waals surface area contributed by atoms with Crippen molar-refractivity contribution in [1.29, 1.82) is 0 Å². The molecular formula is C20H20F3N3O. The predicted octanol–water partition coefficient (Wildman–Crippen LogP) is 4.12. The summed E-state index contributed by atoms with van der Waals surface area (Å²) < 4.78 is 40.6. The van der Waals surface area contributed by atoms with Crippen LogP contribution in [0.1, 0.15) is 35.4 Å². The van der Waals surface area contributed by atoms with Crippen LogP contribution in [0.2, 0.25) is 0 Å². The first-order valence-corrected chi connectivity index (χ1v) is 9.05. The molecule has 0 radical (unpaired) electrons. The zero-order valence-electron chi connectivity index (χ0n) is 14.7. The Bertz CT molecular complexity index is 864. The molecule has 0 bridgehead atoms. The van der Waals surface area contributed by atoms with Crippen molar-refractivity contribution in [3.63, 3.8) is 0 Å². The Morgan fingerprint density at radius 3 is 2.44 bits per heavy atom. The Balaban J connectivity index is 1.42. The summed E-state index contributed by atoms with van der Waals surface area (Å²) in [5.74, 6) is -3.42. The van der Waals surface area contributed by atoms with Gasteiger partial charge in [-0.05, 0) is 61.2 Å². The molecular weight excluding hydrogens is 355 g/mol. The number of hydrogen-bond donors (Lipinski definition) is 2. The van der Waals surface area contributed by atoms with Crippen molar-refractivity contribution < 1.29 is 18.0 Å². The monoisotopic (exact) mass is 375 g/mol. The Morgan fingerprint density at radius 1 is 1.04 bits per heavy atom. The predicted molar refractivity (Wildman–Crippen MR) is 95.9 cm³/mol. The standard InChI is InChI=1S/C20H20F3N3O/c21-17-9-14-10-26(11-16(14)18(22)19(17)23)20(27)25-15-3-1-12(2-4-15)13-5-7-24-8-6-13/h1-4,9,13,24H,5-8,10-11H2,(H,25,27). The van der Waals surface area contributed by atoms with Gasteiger partial charge in [0.25, 0.3) is 0 Å². The number of anilines is 1. The maximum absolute atomic E-state index is 13.9. The van der Waals surface area contributed by atoms with Crippen molar-refractivity contribution in [3.05, 3.63) is 64.5 Å². The summed E-state index contributed by atoms with van der Waals surface area (Å²) in [6.45, 7) is 1.98. The number of nitrogens with one attached hydrogen (secondary N) is 2. The van der Waals surface area contributed by atoms with Crippen LogP contribution in [0.25, 0.3) is 0 Å². The molecule has 0 aliphatic carbocycles. The quantitative estimate of drug-likeness (QED) is 0.776. The highest BCUT2D eigenvalue weighted by Gasteiger charge is 2.29. The number of hydrogen-bond acceptors (Lipinski definition) is 2. The Labute approximate surface area is 155 Å². The summed E-state index contributed by atoms with van der Waals surface area (Å²) in [5, 5.41) is 6.10. The number of carbonyl (C=O) groups excluding carboxylic acids is 1. The lowest BCUT2D eigenvalue weighted by molar-refractivity contribution is 0.212. The van der Waals surface area contributed by atoms with E-state index in [1.165, 1.54) is 10.5 Å². The van der Waals surface area contributed by atoms with Crippen molar-refractivity contribution in [3.8, 4) is 0 Å². The van der Waals surface area contributed by atoms with Gasteiger partial charge in [0.05, 0.1) is 6.54 Å². The van der Waals surface area contributed by atoms with Gasteiger partial charge in [-0.15, -0.1) is 0 Å². The molecule has 0 spiro atoms. The van der Waals surface area contributed by atoms with Gasteiger partial charge in [0.15, 0.2) is 17.5 Å². The average molecular weight is 375 g/mol. The van der Waals surface area contributed by atoms with Gasteiger partial charge in [0.1, 0.15) is 0 Å². The molecule has 1 saturated heterocycles. The molecule has 2 aliphatic rings. The molecule has 2 amide bonds. The number of halogens is 3. The first kappa shape index (κ1) is 17.9. The van der Waals surface area contributed by atoms with Crippen LogP contribution in [0, 0.1) is 17.5 Å². The maximum atomic E-state index is 13.9. The lowest BCUT2D eigenvalue weighted by atomic mass is 9.90. The third-order valence-electron chi connectivity index (χ3n) is 5.33. The van der Waals surface area contributed by atoms with Gasteiger partial charge >= 0.3 is 6.03 Å². The van der Waals surface area contributed by atoms with Crippen LogP contribution < -0.4 is 10.6 Å². The van der Waals surface area contributed by atoms with Crippen molar-refractivity contribution in [1.82, 2.24) is 10.2 Å². The summed E-state index contributed by atoms with van der Waals surface area (Å²) in [6, 6.07) is 8.23. The number of amides is 2. The molecule has 2 aromatic carbocycles. The average Bonchev–Trinajstić information content (AvgIpc) is 3.12. The van der Waals surface area contributed by atoms with E-state index in [4.69, 9.17) is 0 Å². The Hall–Kier alpha value is -2.54. The van der Waals surface area contributed by atoms with Crippen molar-refractivity contribution >= 4 is 11.7 Å². The molecule has 7 heteroatoms. The molecule has 4 rings (SSSR count). The van der Waals surface area contributed by atoms with Crippen LogP contribution in [0.5, 0.6) is 0 Å². The molecule has 2 N–H and O–H groups in total. The van der Waals surface area contributed by atoms with E-state index in [9.17, 15) is 18.0 Å². The lowest BCUT2D eigenvalue weighted by Crippen LogP contribution is -2.30. The number of fused-ring (bicyclic) bond motifs is 1. The fourth-order valence-electron chi connectivity index (χ4n) is 3.79. The van der Waals surface area contributed by atoms with Gasteiger partial charge in [0, 0.05) is 17.8 Å². The third-order valence-corrected chi connectivity index (χ3v) is 5.33. The Kier molecular flexibility index (Phi) is 4.78. The van der Waals surface area contributed by atoms with Gasteiger partial charge in [-0.1, -0.05) is 12.1 Å². The van der Waals surface area contributed by atoms with E-state index in [0.29, 0.717) is 17.2 Å². The van der Waals surface area contributed by atoms with Crippen LogP contribution in [0.15, 0.2) is 30.3 Å². The molecule has 1 fully saturated rings. The van der Waals surface area contributed by atoms with Crippen molar-refractivity contribution in [2.75, 3.05) is 18.4 Å². The zero-order valence-corrected chi connectivity index (χ0v) is 14.7. The number of rotatable bonds is 2. The van der Waals surface area contributed by atoms with Gasteiger partial charge in [-0.25, -0.2) is 18.0 Å². The summed E-state index contributed by atoms with van der Waals surface area (Å²) in [4.78, 5) is 13.8. The summed E-state index contributed by atoms with van der Waals surface area (Å²) in [7, 11) is 0. The summed E-state index contributed by atoms with van der Waals surface area (Å²) in [5.41, 5.74) is 2.20. The molecule has 0 unspecified atom stereocenters. The molecule has 27 heavy (non-hydrogen) atoms. The highest BCUT2D eigenvalue weighted by molar-refractivity contribution is 5.89. The number of carbonyl (C=O) groups is 1. The molecule has 0 saturated carbocycles. The third kappa shape index (κ3) is 3.51. The normalized spacial score (nSPS) is 17.1.